The number of carbonyl (C=O) groups excluding carboxylic acids is 2. The molecule has 122 valence electrons. The average Bonchev–Trinajstić information content (AvgIpc) is 2.92. The zero-order chi connectivity index (χ0) is 16.3. The Balaban J connectivity index is 1.66. The molecule has 0 aliphatic carbocycles. The summed E-state index contributed by atoms with van der Waals surface area (Å²) in [5.41, 5.74) is -0.734. The van der Waals surface area contributed by atoms with Gasteiger partial charge >= 0.3 is 11.9 Å². The van der Waals surface area contributed by atoms with Gasteiger partial charge in [0.1, 0.15) is 17.8 Å². The summed E-state index contributed by atoms with van der Waals surface area (Å²) in [6.07, 6.45) is -1.78. The van der Waals surface area contributed by atoms with Gasteiger partial charge in [-0.25, -0.2) is 9.59 Å². The van der Waals surface area contributed by atoms with E-state index in [4.69, 9.17) is 13.7 Å². The van der Waals surface area contributed by atoms with Crippen LogP contribution in [0.15, 0.2) is 12.2 Å². The predicted octanol–water partition coefficient (Wildman–Crippen LogP) is -0.324. The van der Waals surface area contributed by atoms with Crippen molar-refractivity contribution in [2.24, 2.45) is 0 Å². The van der Waals surface area contributed by atoms with Gasteiger partial charge in [-0.15, -0.1) is 0 Å². The molecule has 0 saturated carbocycles. The summed E-state index contributed by atoms with van der Waals surface area (Å²) >= 11 is 0. The SMILES string of the molecule is C=C(C)C(=O)OCC(=O)OC1C2CC3(C)OS(=O)(=O)C1C3O2. The van der Waals surface area contributed by atoms with Gasteiger partial charge in [-0.1, -0.05) is 6.58 Å². The molecule has 3 rings (SSSR count). The van der Waals surface area contributed by atoms with Crippen molar-refractivity contribution in [3.63, 3.8) is 0 Å². The van der Waals surface area contributed by atoms with E-state index in [9.17, 15) is 18.0 Å². The van der Waals surface area contributed by atoms with Crippen LogP contribution in [0.3, 0.4) is 0 Å². The van der Waals surface area contributed by atoms with E-state index in [0.29, 0.717) is 6.42 Å². The van der Waals surface area contributed by atoms with Crippen LogP contribution in [0, 0.1) is 0 Å². The molecule has 5 atom stereocenters. The lowest BCUT2D eigenvalue weighted by Gasteiger charge is -2.26. The summed E-state index contributed by atoms with van der Waals surface area (Å²) in [5.74, 6) is -1.55. The van der Waals surface area contributed by atoms with Crippen LogP contribution in [-0.2, 0) is 38.1 Å². The Morgan fingerprint density at radius 1 is 1.41 bits per heavy atom. The van der Waals surface area contributed by atoms with Gasteiger partial charge in [0.2, 0.25) is 0 Å². The van der Waals surface area contributed by atoms with Gasteiger partial charge in [0.05, 0.1) is 6.10 Å². The standard InChI is InChI=1S/C13H16O8S/c1-6(2)12(15)18-5-8(14)20-9-7-4-13(3)11(19-7)10(9)22(16,17)21-13/h7,9-11H,1,4-5H2,2-3H3. The normalized spacial score (nSPS) is 40.5. The van der Waals surface area contributed by atoms with E-state index in [1.807, 2.05) is 0 Å². The van der Waals surface area contributed by atoms with Crippen LogP contribution in [0.5, 0.6) is 0 Å². The van der Waals surface area contributed by atoms with Crippen molar-refractivity contribution in [1.29, 1.82) is 0 Å². The summed E-state index contributed by atoms with van der Waals surface area (Å²) in [6, 6.07) is 0. The maximum absolute atomic E-state index is 12.0. The molecule has 0 aromatic rings. The monoisotopic (exact) mass is 332 g/mol. The maximum atomic E-state index is 12.0. The average molecular weight is 332 g/mol. The van der Waals surface area contributed by atoms with Crippen molar-refractivity contribution in [1.82, 2.24) is 0 Å². The second kappa shape index (κ2) is 4.77. The molecule has 3 saturated heterocycles. The molecule has 8 nitrogen and oxygen atoms in total. The molecule has 0 aromatic heterocycles. The van der Waals surface area contributed by atoms with E-state index in [-0.39, 0.29) is 5.57 Å². The van der Waals surface area contributed by atoms with E-state index < -0.39 is 57.8 Å². The lowest BCUT2D eigenvalue weighted by Crippen LogP contribution is -2.47. The molecule has 3 aliphatic heterocycles. The summed E-state index contributed by atoms with van der Waals surface area (Å²) < 4.78 is 44.6. The predicted molar refractivity (Wildman–Crippen MR) is 71.1 cm³/mol. The molecular formula is C13H16O8S. The van der Waals surface area contributed by atoms with Crippen molar-refractivity contribution >= 4 is 22.1 Å². The van der Waals surface area contributed by atoms with Gasteiger partial charge in [-0.3, -0.25) is 4.18 Å². The molecule has 0 amide bonds. The number of hydrogen-bond donors (Lipinski definition) is 0. The van der Waals surface area contributed by atoms with E-state index >= 15 is 0 Å². The summed E-state index contributed by atoms with van der Waals surface area (Å²) in [6.45, 7) is 5.89. The van der Waals surface area contributed by atoms with Crippen LogP contribution in [0.1, 0.15) is 20.3 Å². The van der Waals surface area contributed by atoms with Crippen molar-refractivity contribution in [2.45, 2.75) is 49.4 Å². The van der Waals surface area contributed by atoms with Crippen LogP contribution in [0.25, 0.3) is 0 Å². The maximum Gasteiger partial charge on any atom is 0.344 e. The van der Waals surface area contributed by atoms with Gasteiger partial charge in [0.25, 0.3) is 10.1 Å². The van der Waals surface area contributed by atoms with Gasteiger partial charge < -0.3 is 14.2 Å². The lowest BCUT2D eigenvalue weighted by molar-refractivity contribution is -0.162. The Bertz CT molecular complexity index is 653. The number of carbonyl (C=O) groups is 2. The first kappa shape index (κ1) is 15.4. The minimum absolute atomic E-state index is 0.151. The highest BCUT2D eigenvalue weighted by Gasteiger charge is 2.73. The Morgan fingerprint density at radius 2 is 2.09 bits per heavy atom. The number of ether oxygens (including phenoxy) is 3. The topological polar surface area (TPSA) is 105 Å². The Hall–Kier alpha value is -1.45. The van der Waals surface area contributed by atoms with Crippen molar-refractivity contribution in [3.8, 4) is 0 Å². The first-order chi connectivity index (χ1) is 10.1. The molecule has 0 radical (unpaired) electrons. The second-order valence-corrected chi connectivity index (χ2v) is 7.66. The number of rotatable bonds is 4. The van der Waals surface area contributed by atoms with Crippen LogP contribution in [0.4, 0.5) is 0 Å². The summed E-state index contributed by atoms with van der Waals surface area (Å²) in [7, 11) is -3.85. The molecule has 3 aliphatic rings. The molecule has 2 bridgehead atoms. The Labute approximate surface area is 127 Å². The van der Waals surface area contributed by atoms with Crippen molar-refractivity contribution in [3.05, 3.63) is 12.2 Å². The fourth-order valence-electron chi connectivity index (χ4n) is 3.19. The van der Waals surface area contributed by atoms with Crippen LogP contribution >= 0.6 is 0 Å². The molecule has 5 unspecified atom stereocenters. The fourth-order valence-corrected chi connectivity index (χ4v) is 5.21. The van der Waals surface area contributed by atoms with E-state index in [0.717, 1.165) is 0 Å². The highest BCUT2D eigenvalue weighted by molar-refractivity contribution is 7.87. The highest BCUT2D eigenvalue weighted by atomic mass is 32.2. The van der Waals surface area contributed by atoms with Gasteiger partial charge in [-0.05, 0) is 13.8 Å². The van der Waals surface area contributed by atoms with Gasteiger partial charge in [0, 0.05) is 12.0 Å². The number of esters is 2. The number of fused-ring (bicyclic) bond motifs is 1. The van der Waals surface area contributed by atoms with Crippen LogP contribution in [-0.4, -0.2) is 56.1 Å². The van der Waals surface area contributed by atoms with Crippen LogP contribution in [0.2, 0.25) is 0 Å². The minimum Gasteiger partial charge on any atom is -0.455 e. The van der Waals surface area contributed by atoms with Crippen molar-refractivity contribution in [2.75, 3.05) is 6.61 Å². The van der Waals surface area contributed by atoms with Gasteiger partial charge in [0.15, 0.2) is 11.9 Å². The van der Waals surface area contributed by atoms with Gasteiger partial charge in [-0.2, -0.15) is 8.42 Å². The van der Waals surface area contributed by atoms with Crippen molar-refractivity contribution < 1.29 is 36.4 Å². The molecule has 3 fully saturated rings. The third kappa shape index (κ3) is 2.24. The first-order valence-electron chi connectivity index (χ1n) is 6.76. The van der Waals surface area contributed by atoms with E-state index in [1.165, 1.54) is 6.92 Å². The molecule has 9 heteroatoms. The molecular weight excluding hydrogens is 316 g/mol. The second-order valence-electron chi connectivity index (χ2n) is 5.96. The summed E-state index contributed by atoms with van der Waals surface area (Å²) in [5, 5.41) is -1.03. The van der Waals surface area contributed by atoms with Crippen LogP contribution < -0.4 is 0 Å². The lowest BCUT2D eigenvalue weighted by atomic mass is 9.84. The molecule has 0 N–H and O–H groups in total. The third-order valence-corrected chi connectivity index (χ3v) is 5.89. The Kier molecular flexibility index (Phi) is 3.35. The Morgan fingerprint density at radius 3 is 2.73 bits per heavy atom. The largest absolute Gasteiger partial charge is 0.455 e. The molecule has 0 spiro atoms. The minimum atomic E-state index is -3.85. The number of hydrogen-bond acceptors (Lipinski definition) is 8. The highest BCUT2D eigenvalue weighted by Crippen LogP contribution is 2.53. The quantitative estimate of drug-likeness (QED) is 0.392. The zero-order valence-corrected chi connectivity index (χ0v) is 12.9. The molecule has 3 heterocycles. The van der Waals surface area contributed by atoms with E-state index in [2.05, 4.69) is 11.3 Å². The third-order valence-electron chi connectivity index (χ3n) is 4.10. The molecule has 22 heavy (non-hydrogen) atoms. The van der Waals surface area contributed by atoms with E-state index in [1.54, 1.807) is 6.92 Å². The first-order valence-corrected chi connectivity index (χ1v) is 8.23. The zero-order valence-electron chi connectivity index (χ0n) is 12.1. The molecule has 0 aromatic carbocycles. The smallest absolute Gasteiger partial charge is 0.344 e. The fraction of sp³-hybridized carbons (Fsp3) is 0.692. The summed E-state index contributed by atoms with van der Waals surface area (Å²) in [4.78, 5) is 23.0.